The molecule has 1 aliphatic heterocycles. The van der Waals surface area contributed by atoms with Crippen molar-refractivity contribution in [2.45, 2.75) is 39.9 Å². The number of aromatic amines is 1. The second-order valence-corrected chi connectivity index (χ2v) is 8.75. The van der Waals surface area contributed by atoms with Crippen molar-refractivity contribution in [3.63, 3.8) is 0 Å². The zero-order chi connectivity index (χ0) is 23.1. The summed E-state index contributed by atoms with van der Waals surface area (Å²) in [6.07, 6.45) is 4.53. The maximum Gasteiger partial charge on any atom is 0.273 e. The molecule has 0 aliphatic carbocycles. The Morgan fingerprint density at radius 3 is 2.91 bits per heavy atom. The van der Waals surface area contributed by atoms with Gasteiger partial charge < -0.3 is 9.80 Å². The minimum atomic E-state index is -0.186. The summed E-state index contributed by atoms with van der Waals surface area (Å²) in [5.41, 5.74) is 5.35. The topological polar surface area (TPSA) is 95.8 Å². The number of carbonyl (C=O) groups is 1. The Hall–Kier alpha value is -3.46. The molecule has 0 spiro atoms. The van der Waals surface area contributed by atoms with Crippen molar-refractivity contribution in [2.75, 3.05) is 18.5 Å². The standard InChI is InChI=1S/C23H25ClN8O/c1-4-32-14(2)16(11-26-32)12-30(3)22(33)21-18-9-17(24)5-6-19(18)27-23(28-21)31-8-7-15-10-25-29-20(15)13-31/h5-6,9-11H,4,7-8,12-13H2,1-3H3,(H,25,29). The highest BCUT2D eigenvalue weighted by molar-refractivity contribution is 6.31. The Labute approximate surface area is 196 Å². The van der Waals surface area contributed by atoms with Gasteiger partial charge in [-0.1, -0.05) is 11.6 Å². The van der Waals surface area contributed by atoms with Gasteiger partial charge in [0.1, 0.15) is 5.69 Å². The molecule has 1 amide bonds. The van der Waals surface area contributed by atoms with E-state index < -0.39 is 0 Å². The van der Waals surface area contributed by atoms with Gasteiger partial charge in [0.2, 0.25) is 5.95 Å². The monoisotopic (exact) mass is 464 g/mol. The van der Waals surface area contributed by atoms with Gasteiger partial charge in [0.05, 0.1) is 30.1 Å². The van der Waals surface area contributed by atoms with Gasteiger partial charge in [0.15, 0.2) is 0 Å². The molecule has 0 unspecified atom stereocenters. The van der Waals surface area contributed by atoms with Crippen LogP contribution >= 0.6 is 11.6 Å². The molecule has 0 fully saturated rings. The highest BCUT2D eigenvalue weighted by Gasteiger charge is 2.25. The number of hydrogen-bond donors (Lipinski definition) is 1. The summed E-state index contributed by atoms with van der Waals surface area (Å²) >= 11 is 6.26. The summed E-state index contributed by atoms with van der Waals surface area (Å²) in [5.74, 6) is 0.339. The zero-order valence-electron chi connectivity index (χ0n) is 18.8. The molecule has 10 heteroatoms. The van der Waals surface area contributed by atoms with Gasteiger partial charge in [-0.15, -0.1) is 0 Å². The number of nitrogens with zero attached hydrogens (tertiary/aromatic N) is 7. The highest BCUT2D eigenvalue weighted by Crippen LogP contribution is 2.27. The third-order valence-corrected chi connectivity index (χ3v) is 6.43. The SMILES string of the molecule is CCn1ncc(CN(C)C(=O)c2nc(N3CCc4cn[nH]c4C3)nc3ccc(Cl)cc23)c1C. The number of fused-ring (bicyclic) bond motifs is 2. The summed E-state index contributed by atoms with van der Waals surface area (Å²) in [4.78, 5) is 26.8. The summed E-state index contributed by atoms with van der Waals surface area (Å²) < 4.78 is 1.92. The van der Waals surface area contributed by atoms with E-state index >= 15 is 0 Å². The molecule has 0 bridgehead atoms. The Kier molecular flexibility index (Phi) is 5.49. The van der Waals surface area contributed by atoms with Crippen molar-refractivity contribution < 1.29 is 4.79 Å². The third-order valence-electron chi connectivity index (χ3n) is 6.20. The quantitative estimate of drug-likeness (QED) is 0.486. The van der Waals surface area contributed by atoms with Crippen molar-refractivity contribution >= 4 is 34.4 Å². The predicted octanol–water partition coefficient (Wildman–Crippen LogP) is 3.37. The zero-order valence-corrected chi connectivity index (χ0v) is 19.6. The summed E-state index contributed by atoms with van der Waals surface area (Å²) in [7, 11) is 1.78. The van der Waals surface area contributed by atoms with E-state index in [0.717, 1.165) is 36.5 Å². The van der Waals surface area contributed by atoms with Gasteiger partial charge in [0, 0.05) is 48.3 Å². The second-order valence-electron chi connectivity index (χ2n) is 8.31. The normalized spacial score (nSPS) is 13.4. The van der Waals surface area contributed by atoms with Crippen LogP contribution in [0.5, 0.6) is 0 Å². The van der Waals surface area contributed by atoms with Crippen LogP contribution in [0.2, 0.25) is 5.02 Å². The number of carbonyl (C=O) groups excluding carboxylic acids is 1. The first-order chi connectivity index (χ1) is 15.9. The Bertz CT molecular complexity index is 1340. The molecule has 0 atom stereocenters. The number of aryl methyl sites for hydroxylation is 1. The van der Waals surface area contributed by atoms with Crippen molar-refractivity contribution in [3.8, 4) is 0 Å². The van der Waals surface area contributed by atoms with Crippen LogP contribution in [0.4, 0.5) is 5.95 Å². The number of amides is 1. The van der Waals surface area contributed by atoms with E-state index in [1.807, 2.05) is 37.0 Å². The van der Waals surface area contributed by atoms with Crippen molar-refractivity contribution in [1.29, 1.82) is 0 Å². The molecule has 0 saturated carbocycles. The van der Waals surface area contributed by atoms with Crippen LogP contribution in [0, 0.1) is 6.92 Å². The molecule has 4 aromatic rings. The van der Waals surface area contributed by atoms with Crippen LogP contribution in [-0.4, -0.2) is 54.3 Å². The lowest BCUT2D eigenvalue weighted by Crippen LogP contribution is -2.33. The Morgan fingerprint density at radius 2 is 2.12 bits per heavy atom. The van der Waals surface area contributed by atoms with E-state index in [2.05, 4.69) is 20.2 Å². The lowest BCUT2D eigenvalue weighted by atomic mass is 10.1. The van der Waals surface area contributed by atoms with E-state index in [9.17, 15) is 4.79 Å². The summed E-state index contributed by atoms with van der Waals surface area (Å²) in [5, 5.41) is 12.8. The van der Waals surface area contributed by atoms with Gasteiger partial charge in [-0.3, -0.25) is 14.6 Å². The van der Waals surface area contributed by atoms with Crippen LogP contribution in [-0.2, 0) is 26.1 Å². The predicted molar refractivity (Wildman–Crippen MR) is 126 cm³/mol. The maximum absolute atomic E-state index is 13.6. The van der Waals surface area contributed by atoms with Crippen LogP contribution < -0.4 is 4.90 Å². The average molecular weight is 465 g/mol. The number of rotatable bonds is 5. The first-order valence-electron chi connectivity index (χ1n) is 10.9. The van der Waals surface area contributed by atoms with Gasteiger partial charge in [-0.2, -0.15) is 10.2 Å². The number of halogens is 1. The summed E-state index contributed by atoms with van der Waals surface area (Å²) in [6, 6.07) is 5.37. The van der Waals surface area contributed by atoms with E-state index in [4.69, 9.17) is 21.6 Å². The molecular weight excluding hydrogens is 440 g/mol. The first-order valence-corrected chi connectivity index (χ1v) is 11.3. The maximum atomic E-state index is 13.6. The molecular formula is C23H25ClN8O. The number of aromatic nitrogens is 6. The minimum Gasteiger partial charge on any atom is -0.336 e. The van der Waals surface area contributed by atoms with Crippen molar-refractivity contribution in [2.24, 2.45) is 0 Å². The molecule has 1 N–H and O–H groups in total. The lowest BCUT2D eigenvalue weighted by molar-refractivity contribution is 0.0781. The van der Waals surface area contributed by atoms with E-state index in [0.29, 0.717) is 40.7 Å². The molecule has 5 rings (SSSR count). The van der Waals surface area contributed by atoms with Gasteiger partial charge >= 0.3 is 0 Å². The van der Waals surface area contributed by atoms with E-state index in [1.54, 1.807) is 24.1 Å². The minimum absolute atomic E-state index is 0.186. The van der Waals surface area contributed by atoms with Crippen LogP contribution in [0.3, 0.4) is 0 Å². The number of anilines is 1. The molecule has 1 aromatic carbocycles. The van der Waals surface area contributed by atoms with Crippen LogP contribution in [0.15, 0.2) is 30.6 Å². The fraction of sp³-hybridized carbons (Fsp3) is 0.348. The van der Waals surface area contributed by atoms with Gasteiger partial charge in [0.25, 0.3) is 5.91 Å². The third kappa shape index (κ3) is 3.93. The fourth-order valence-corrected chi connectivity index (χ4v) is 4.42. The molecule has 4 heterocycles. The Balaban J connectivity index is 1.51. The van der Waals surface area contributed by atoms with Crippen LogP contribution in [0.25, 0.3) is 10.9 Å². The van der Waals surface area contributed by atoms with Gasteiger partial charge in [-0.25, -0.2) is 9.97 Å². The molecule has 9 nitrogen and oxygen atoms in total. The highest BCUT2D eigenvalue weighted by atomic mass is 35.5. The number of H-pyrrole nitrogens is 1. The number of hydrogen-bond acceptors (Lipinski definition) is 6. The smallest absolute Gasteiger partial charge is 0.273 e. The molecule has 3 aromatic heterocycles. The van der Waals surface area contributed by atoms with Crippen LogP contribution in [0.1, 0.15) is 39.9 Å². The molecule has 1 aliphatic rings. The van der Waals surface area contributed by atoms with Crippen molar-refractivity contribution in [3.05, 3.63) is 63.8 Å². The van der Waals surface area contributed by atoms with E-state index in [-0.39, 0.29) is 5.91 Å². The van der Waals surface area contributed by atoms with E-state index in [1.165, 1.54) is 5.56 Å². The van der Waals surface area contributed by atoms with Crippen molar-refractivity contribution in [1.82, 2.24) is 34.8 Å². The molecule has 170 valence electrons. The number of nitrogens with one attached hydrogen (secondary N) is 1. The average Bonchev–Trinajstić information content (AvgIpc) is 3.43. The first kappa shape index (κ1) is 21.4. The largest absolute Gasteiger partial charge is 0.336 e. The Morgan fingerprint density at radius 1 is 1.27 bits per heavy atom. The molecule has 0 saturated heterocycles. The molecule has 0 radical (unpaired) electrons. The second kappa shape index (κ2) is 8.47. The lowest BCUT2D eigenvalue weighted by Gasteiger charge is -2.27. The number of benzene rings is 1. The van der Waals surface area contributed by atoms with Gasteiger partial charge in [-0.05, 0) is 44.0 Å². The fourth-order valence-electron chi connectivity index (χ4n) is 4.25. The molecule has 33 heavy (non-hydrogen) atoms. The summed E-state index contributed by atoms with van der Waals surface area (Å²) in [6.45, 7) is 6.66.